The van der Waals surface area contributed by atoms with E-state index in [2.05, 4.69) is 21.2 Å². The molecule has 0 fully saturated rings. The van der Waals surface area contributed by atoms with Crippen molar-refractivity contribution in [2.75, 3.05) is 0 Å². The summed E-state index contributed by atoms with van der Waals surface area (Å²) in [7, 11) is 0. The molecule has 1 nitrogen and oxygen atoms in total. The topological polar surface area (TPSA) is 12.0 Å². The lowest BCUT2D eigenvalue weighted by Gasteiger charge is -2.11. The second kappa shape index (κ2) is 6.86. The van der Waals surface area contributed by atoms with Gasteiger partial charge in [0, 0.05) is 28.2 Å². The minimum absolute atomic E-state index is 0.0440. The molecule has 2 aromatic rings. The fourth-order valence-corrected chi connectivity index (χ4v) is 2.41. The van der Waals surface area contributed by atoms with Crippen molar-refractivity contribution in [2.24, 2.45) is 0 Å². The summed E-state index contributed by atoms with van der Waals surface area (Å²) >= 11 is 8.99. The van der Waals surface area contributed by atoms with Crippen LogP contribution in [0.2, 0.25) is 5.02 Å². The number of halogens is 4. The van der Waals surface area contributed by atoms with Gasteiger partial charge in [0.25, 0.3) is 0 Å². The van der Waals surface area contributed by atoms with E-state index < -0.39 is 11.6 Å². The van der Waals surface area contributed by atoms with Crippen molar-refractivity contribution in [3.05, 3.63) is 57.0 Å². The minimum atomic E-state index is -0.627. The molecule has 0 saturated heterocycles. The number of hydrogen-bond acceptors (Lipinski definition) is 1. The molecule has 5 heteroatoms. The van der Waals surface area contributed by atoms with Crippen LogP contribution in [0.1, 0.15) is 19.4 Å². The zero-order chi connectivity index (χ0) is 15.6. The molecule has 0 radical (unpaired) electrons. The Kier molecular flexibility index (Phi) is 5.36. The van der Waals surface area contributed by atoms with Crippen LogP contribution in [0.5, 0.6) is 0 Å². The summed E-state index contributed by atoms with van der Waals surface area (Å²) in [5.74, 6) is -1.09. The van der Waals surface area contributed by atoms with Crippen LogP contribution in [0.15, 0.2) is 34.8 Å². The first kappa shape index (κ1) is 16.4. The Morgan fingerprint density at radius 2 is 1.81 bits per heavy atom. The van der Waals surface area contributed by atoms with Gasteiger partial charge in [0.2, 0.25) is 0 Å². The molecule has 2 aromatic carbocycles. The molecule has 0 heterocycles. The molecular weight excluding hydrogens is 360 g/mol. The van der Waals surface area contributed by atoms with Crippen molar-refractivity contribution in [3.8, 4) is 11.1 Å². The average Bonchev–Trinajstić information content (AvgIpc) is 2.44. The van der Waals surface area contributed by atoms with Gasteiger partial charge in [0.1, 0.15) is 5.82 Å². The number of nitrogens with one attached hydrogen (secondary N) is 1. The molecule has 1 N–H and O–H groups in total. The SMILES string of the molecule is CC(C)NCc1ccc(-c2ccc(Br)c(Cl)c2F)c(F)c1. The maximum atomic E-state index is 14.2. The lowest BCUT2D eigenvalue weighted by atomic mass is 10.0. The first-order valence-electron chi connectivity index (χ1n) is 6.56. The lowest BCUT2D eigenvalue weighted by molar-refractivity contribution is 0.581. The van der Waals surface area contributed by atoms with Gasteiger partial charge in [0.05, 0.1) is 5.02 Å². The summed E-state index contributed by atoms with van der Waals surface area (Å²) < 4.78 is 28.8. The molecule has 0 spiro atoms. The summed E-state index contributed by atoms with van der Waals surface area (Å²) in [5, 5.41) is 3.16. The van der Waals surface area contributed by atoms with Gasteiger partial charge >= 0.3 is 0 Å². The zero-order valence-corrected chi connectivity index (χ0v) is 14.0. The van der Waals surface area contributed by atoms with Crippen molar-refractivity contribution in [2.45, 2.75) is 26.4 Å². The van der Waals surface area contributed by atoms with Crippen molar-refractivity contribution in [1.82, 2.24) is 5.32 Å². The highest BCUT2D eigenvalue weighted by Gasteiger charge is 2.15. The van der Waals surface area contributed by atoms with E-state index in [0.29, 0.717) is 17.1 Å². The van der Waals surface area contributed by atoms with Gasteiger partial charge in [-0.1, -0.05) is 43.6 Å². The normalized spacial score (nSPS) is 11.2. The van der Waals surface area contributed by atoms with E-state index >= 15 is 0 Å². The van der Waals surface area contributed by atoms with Crippen LogP contribution >= 0.6 is 27.5 Å². The van der Waals surface area contributed by atoms with Gasteiger partial charge in [0.15, 0.2) is 5.82 Å². The predicted octanol–water partition coefficient (Wildman–Crippen LogP) is 5.55. The first-order valence-corrected chi connectivity index (χ1v) is 7.73. The molecule has 21 heavy (non-hydrogen) atoms. The summed E-state index contributed by atoms with van der Waals surface area (Å²) in [6, 6.07) is 8.21. The largest absolute Gasteiger partial charge is 0.310 e. The molecule has 0 bridgehead atoms. The molecule has 0 aliphatic carbocycles. The van der Waals surface area contributed by atoms with Crippen LogP contribution < -0.4 is 5.32 Å². The van der Waals surface area contributed by atoms with Gasteiger partial charge in [-0.25, -0.2) is 8.78 Å². The highest BCUT2D eigenvalue weighted by Crippen LogP contribution is 2.34. The van der Waals surface area contributed by atoms with Crippen LogP contribution in [-0.2, 0) is 6.54 Å². The van der Waals surface area contributed by atoms with Crippen molar-refractivity contribution >= 4 is 27.5 Å². The molecule has 112 valence electrons. The molecular formula is C16H15BrClF2N. The number of hydrogen-bond donors (Lipinski definition) is 1. The maximum absolute atomic E-state index is 14.2. The van der Waals surface area contributed by atoms with Gasteiger partial charge in [-0.15, -0.1) is 0 Å². The maximum Gasteiger partial charge on any atom is 0.150 e. The Bertz CT molecular complexity index is 659. The van der Waals surface area contributed by atoms with Gasteiger partial charge in [-0.05, 0) is 33.6 Å². The lowest BCUT2D eigenvalue weighted by Crippen LogP contribution is -2.21. The fraction of sp³-hybridized carbons (Fsp3) is 0.250. The van der Waals surface area contributed by atoms with Crippen molar-refractivity contribution in [3.63, 3.8) is 0 Å². The third-order valence-corrected chi connectivity index (χ3v) is 4.33. The highest BCUT2D eigenvalue weighted by atomic mass is 79.9. The van der Waals surface area contributed by atoms with Crippen LogP contribution in [0.4, 0.5) is 8.78 Å². The molecule has 0 unspecified atom stereocenters. The Morgan fingerprint density at radius 3 is 2.43 bits per heavy atom. The molecule has 0 saturated carbocycles. The fourth-order valence-electron chi connectivity index (χ4n) is 1.94. The van der Waals surface area contributed by atoms with Gasteiger partial charge in [-0.2, -0.15) is 0 Å². The smallest absolute Gasteiger partial charge is 0.150 e. The Labute approximate surface area is 136 Å². The summed E-state index contributed by atoms with van der Waals surface area (Å²) in [4.78, 5) is 0. The predicted molar refractivity (Wildman–Crippen MR) is 86.5 cm³/mol. The van der Waals surface area contributed by atoms with E-state index in [1.54, 1.807) is 18.2 Å². The van der Waals surface area contributed by atoms with E-state index in [1.165, 1.54) is 12.1 Å². The summed E-state index contributed by atoms with van der Waals surface area (Å²) in [5.41, 5.74) is 1.17. The minimum Gasteiger partial charge on any atom is -0.310 e. The van der Waals surface area contributed by atoms with Crippen LogP contribution in [0.3, 0.4) is 0 Å². The van der Waals surface area contributed by atoms with E-state index in [0.717, 1.165) is 5.56 Å². The molecule has 0 amide bonds. The van der Waals surface area contributed by atoms with E-state index in [-0.39, 0.29) is 16.1 Å². The van der Waals surface area contributed by atoms with Crippen LogP contribution in [-0.4, -0.2) is 6.04 Å². The third kappa shape index (κ3) is 3.82. The quantitative estimate of drug-likeness (QED) is 0.692. The Hall–Kier alpha value is -0.970. The molecule has 0 aliphatic heterocycles. The van der Waals surface area contributed by atoms with Crippen LogP contribution in [0, 0.1) is 11.6 Å². The van der Waals surface area contributed by atoms with Gasteiger partial charge < -0.3 is 5.32 Å². The molecule has 2 rings (SSSR count). The zero-order valence-electron chi connectivity index (χ0n) is 11.7. The summed E-state index contributed by atoms with van der Waals surface area (Å²) in [6.45, 7) is 4.60. The number of rotatable bonds is 4. The Morgan fingerprint density at radius 1 is 1.14 bits per heavy atom. The third-order valence-electron chi connectivity index (χ3n) is 3.07. The average molecular weight is 375 g/mol. The number of benzene rings is 2. The Balaban J connectivity index is 2.35. The van der Waals surface area contributed by atoms with Crippen molar-refractivity contribution in [1.29, 1.82) is 0 Å². The molecule has 0 aromatic heterocycles. The molecule has 0 atom stereocenters. The second-order valence-corrected chi connectivity index (χ2v) is 6.31. The van der Waals surface area contributed by atoms with Crippen molar-refractivity contribution < 1.29 is 8.78 Å². The molecule has 0 aliphatic rings. The standard InChI is InChI=1S/C16H15BrClF2N/c1-9(2)21-8-10-3-4-11(14(19)7-10)12-5-6-13(17)15(18)16(12)20/h3-7,9,21H,8H2,1-2H3. The van der Waals surface area contributed by atoms with E-state index in [1.807, 2.05) is 13.8 Å². The second-order valence-electron chi connectivity index (χ2n) is 5.07. The van der Waals surface area contributed by atoms with E-state index in [9.17, 15) is 8.78 Å². The van der Waals surface area contributed by atoms with Crippen LogP contribution in [0.25, 0.3) is 11.1 Å². The van der Waals surface area contributed by atoms with Gasteiger partial charge in [-0.3, -0.25) is 0 Å². The first-order chi connectivity index (χ1) is 9.90. The van der Waals surface area contributed by atoms with E-state index in [4.69, 9.17) is 11.6 Å². The highest BCUT2D eigenvalue weighted by molar-refractivity contribution is 9.10. The monoisotopic (exact) mass is 373 g/mol. The summed E-state index contributed by atoms with van der Waals surface area (Å²) in [6.07, 6.45) is 0.